The van der Waals surface area contributed by atoms with Crippen LogP contribution in [-0.4, -0.2) is 17.8 Å². The van der Waals surface area contributed by atoms with Gasteiger partial charge in [-0.3, -0.25) is 0 Å². The molecule has 0 bridgehead atoms. The summed E-state index contributed by atoms with van der Waals surface area (Å²) in [6, 6.07) is 8.34. The predicted molar refractivity (Wildman–Crippen MR) is 68.9 cm³/mol. The quantitative estimate of drug-likeness (QED) is 0.867. The van der Waals surface area contributed by atoms with Crippen LogP contribution in [0.1, 0.15) is 43.9 Å². The zero-order chi connectivity index (χ0) is 12.3. The molecule has 2 rings (SSSR count). The second kappa shape index (κ2) is 5.65. The van der Waals surface area contributed by atoms with Crippen molar-refractivity contribution in [2.75, 3.05) is 6.61 Å². The van der Waals surface area contributed by atoms with Crippen LogP contribution in [0.15, 0.2) is 24.3 Å². The number of hydrogen-bond acceptors (Lipinski definition) is 2. The first-order chi connectivity index (χ1) is 8.22. The van der Waals surface area contributed by atoms with Crippen LogP contribution >= 0.6 is 0 Å². The van der Waals surface area contributed by atoms with Gasteiger partial charge in [0.1, 0.15) is 0 Å². The van der Waals surface area contributed by atoms with Crippen LogP contribution in [0, 0.1) is 5.92 Å². The average molecular weight is 234 g/mol. The normalized spacial score (nSPS) is 26.1. The lowest BCUT2D eigenvalue weighted by Crippen LogP contribution is -2.19. The highest BCUT2D eigenvalue weighted by Crippen LogP contribution is 2.33. The zero-order valence-electron chi connectivity index (χ0n) is 10.7. The second-order valence-electron chi connectivity index (χ2n) is 4.97. The summed E-state index contributed by atoms with van der Waals surface area (Å²) in [7, 11) is 0. The Morgan fingerprint density at radius 3 is 2.94 bits per heavy atom. The number of hydrogen-bond donors (Lipinski definition) is 1. The topological polar surface area (TPSA) is 29.5 Å². The summed E-state index contributed by atoms with van der Waals surface area (Å²) < 4.78 is 5.53. The van der Waals surface area contributed by atoms with Crippen LogP contribution in [0.4, 0.5) is 0 Å². The summed E-state index contributed by atoms with van der Waals surface area (Å²) in [4.78, 5) is 0. The van der Waals surface area contributed by atoms with E-state index in [0.29, 0.717) is 0 Å². The van der Waals surface area contributed by atoms with Gasteiger partial charge in [-0.05, 0) is 30.9 Å². The van der Waals surface area contributed by atoms with Crippen molar-refractivity contribution in [3.63, 3.8) is 0 Å². The van der Waals surface area contributed by atoms with Crippen LogP contribution in [0.3, 0.4) is 0 Å². The highest BCUT2D eigenvalue weighted by Gasteiger charge is 2.31. The minimum absolute atomic E-state index is 0.167. The number of ether oxygens (including phenoxy) is 1. The van der Waals surface area contributed by atoms with E-state index >= 15 is 0 Å². The molecule has 3 atom stereocenters. The molecule has 0 aliphatic carbocycles. The predicted octanol–water partition coefficient (Wildman–Crippen LogP) is 3.10. The van der Waals surface area contributed by atoms with Gasteiger partial charge in [0.2, 0.25) is 0 Å². The van der Waals surface area contributed by atoms with Crippen LogP contribution in [0.25, 0.3) is 0 Å². The highest BCUT2D eigenvalue weighted by atomic mass is 16.5. The van der Waals surface area contributed by atoms with E-state index in [-0.39, 0.29) is 18.1 Å². The lowest BCUT2D eigenvalue weighted by Gasteiger charge is -2.21. The van der Waals surface area contributed by atoms with E-state index in [0.717, 1.165) is 31.4 Å². The van der Waals surface area contributed by atoms with Crippen molar-refractivity contribution >= 4 is 0 Å². The maximum atomic E-state index is 10.4. The molecule has 0 aromatic heterocycles. The number of aryl methyl sites for hydroxylation is 1. The summed E-state index contributed by atoms with van der Waals surface area (Å²) in [5.74, 6) is 0.242. The molecule has 1 aliphatic rings. The van der Waals surface area contributed by atoms with Crippen molar-refractivity contribution in [2.24, 2.45) is 5.92 Å². The molecule has 94 valence electrons. The molecule has 1 aromatic carbocycles. The van der Waals surface area contributed by atoms with Crippen LogP contribution in [-0.2, 0) is 11.2 Å². The van der Waals surface area contributed by atoms with E-state index < -0.39 is 0 Å². The molecule has 1 fully saturated rings. The standard InChI is InChI=1S/C15H22O2/c1-3-5-12-6-4-7-13(10-12)15(16)14-8-9-17-11(14)2/h4,6-7,10-11,14-16H,3,5,8-9H2,1-2H3. The van der Waals surface area contributed by atoms with E-state index in [4.69, 9.17) is 4.74 Å². The fourth-order valence-electron chi connectivity index (χ4n) is 2.63. The molecule has 2 nitrogen and oxygen atoms in total. The van der Waals surface area contributed by atoms with Gasteiger partial charge in [0.05, 0.1) is 12.2 Å². The van der Waals surface area contributed by atoms with Crippen LogP contribution < -0.4 is 0 Å². The van der Waals surface area contributed by atoms with Gasteiger partial charge in [-0.25, -0.2) is 0 Å². The first kappa shape index (κ1) is 12.6. The largest absolute Gasteiger partial charge is 0.388 e. The van der Waals surface area contributed by atoms with E-state index in [1.54, 1.807) is 0 Å². The Balaban J connectivity index is 2.12. The molecular weight excluding hydrogens is 212 g/mol. The van der Waals surface area contributed by atoms with E-state index in [2.05, 4.69) is 26.0 Å². The molecule has 0 radical (unpaired) electrons. The van der Waals surface area contributed by atoms with Gasteiger partial charge in [0, 0.05) is 12.5 Å². The lowest BCUT2D eigenvalue weighted by atomic mass is 9.90. The fraction of sp³-hybridized carbons (Fsp3) is 0.600. The first-order valence-corrected chi connectivity index (χ1v) is 6.61. The Hall–Kier alpha value is -0.860. The Kier molecular flexibility index (Phi) is 4.19. The summed E-state index contributed by atoms with van der Waals surface area (Å²) in [6.45, 7) is 5.00. The lowest BCUT2D eigenvalue weighted by molar-refractivity contribution is 0.0431. The number of aliphatic hydroxyl groups is 1. The van der Waals surface area contributed by atoms with Gasteiger partial charge in [-0.15, -0.1) is 0 Å². The summed E-state index contributed by atoms with van der Waals surface area (Å²) in [6.07, 6.45) is 2.96. The zero-order valence-corrected chi connectivity index (χ0v) is 10.7. The number of benzene rings is 1. The highest BCUT2D eigenvalue weighted by molar-refractivity contribution is 5.26. The molecule has 1 aliphatic heterocycles. The molecule has 2 heteroatoms. The molecule has 3 unspecified atom stereocenters. The molecular formula is C15H22O2. The molecule has 1 saturated heterocycles. The first-order valence-electron chi connectivity index (χ1n) is 6.61. The van der Waals surface area contributed by atoms with Gasteiger partial charge < -0.3 is 9.84 Å². The van der Waals surface area contributed by atoms with Crippen molar-refractivity contribution in [2.45, 2.75) is 45.3 Å². The van der Waals surface area contributed by atoms with Crippen LogP contribution in [0.2, 0.25) is 0 Å². The Bertz CT molecular complexity index is 362. The SMILES string of the molecule is CCCc1cccc(C(O)C2CCOC2C)c1. The second-order valence-corrected chi connectivity index (χ2v) is 4.97. The van der Waals surface area contributed by atoms with Gasteiger partial charge in [-0.1, -0.05) is 37.6 Å². The molecule has 17 heavy (non-hydrogen) atoms. The van der Waals surface area contributed by atoms with Gasteiger partial charge in [-0.2, -0.15) is 0 Å². The summed E-state index contributed by atoms with van der Waals surface area (Å²) in [5.41, 5.74) is 2.36. The summed E-state index contributed by atoms with van der Waals surface area (Å²) in [5, 5.41) is 10.4. The van der Waals surface area contributed by atoms with Gasteiger partial charge in [0.25, 0.3) is 0 Å². The Labute approximate surface area is 104 Å². The minimum Gasteiger partial charge on any atom is -0.388 e. The monoisotopic (exact) mass is 234 g/mol. The molecule has 1 aromatic rings. The number of aliphatic hydroxyl groups excluding tert-OH is 1. The molecule has 1 heterocycles. The maximum absolute atomic E-state index is 10.4. The molecule has 1 N–H and O–H groups in total. The number of rotatable bonds is 4. The molecule has 0 spiro atoms. The van der Waals surface area contributed by atoms with Crippen molar-refractivity contribution < 1.29 is 9.84 Å². The van der Waals surface area contributed by atoms with E-state index in [1.165, 1.54) is 5.56 Å². The molecule has 0 amide bonds. The fourth-order valence-corrected chi connectivity index (χ4v) is 2.63. The Morgan fingerprint density at radius 2 is 2.29 bits per heavy atom. The van der Waals surface area contributed by atoms with Crippen molar-refractivity contribution in [3.05, 3.63) is 35.4 Å². The van der Waals surface area contributed by atoms with Gasteiger partial charge >= 0.3 is 0 Å². The average Bonchev–Trinajstić information content (AvgIpc) is 2.75. The Morgan fingerprint density at radius 1 is 1.47 bits per heavy atom. The third kappa shape index (κ3) is 2.88. The third-order valence-electron chi connectivity index (χ3n) is 3.67. The van der Waals surface area contributed by atoms with Crippen molar-refractivity contribution in [1.82, 2.24) is 0 Å². The van der Waals surface area contributed by atoms with E-state index in [9.17, 15) is 5.11 Å². The summed E-state index contributed by atoms with van der Waals surface area (Å²) >= 11 is 0. The van der Waals surface area contributed by atoms with Gasteiger partial charge in [0.15, 0.2) is 0 Å². The van der Waals surface area contributed by atoms with E-state index in [1.807, 2.05) is 12.1 Å². The smallest absolute Gasteiger partial charge is 0.0843 e. The van der Waals surface area contributed by atoms with Crippen molar-refractivity contribution in [1.29, 1.82) is 0 Å². The van der Waals surface area contributed by atoms with Crippen LogP contribution in [0.5, 0.6) is 0 Å². The third-order valence-corrected chi connectivity index (χ3v) is 3.67. The maximum Gasteiger partial charge on any atom is 0.0843 e. The van der Waals surface area contributed by atoms with Crippen molar-refractivity contribution in [3.8, 4) is 0 Å². The minimum atomic E-state index is -0.385. The molecule has 0 saturated carbocycles.